The van der Waals surface area contributed by atoms with Crippen LogP contribution in [0.15, 0.2) is 45.9 Å². The Morgan fingerprint density at radius 3 is 2.58 bits per heavy atom. The molecule has 0 spiro atoms. The van der Waals surface area contributed by atoms with Crippen molar-refractivity contribution in [3.63, 3.8) is 0 Å². The summed E-state index contributed by atoms with van der Waals surface area (Å²) in [6.07, 6.45) is 1.58. The molecule has 2 N–H and O–H groups in total. The van der Waals surface area contributed by atoms with Gasteiger partial charge in [-0.2, -0.15) is 0 Å². The Morgan fingerprint density at radius 1 is 1.17 bits per heavy atom. The van der Waals surface area contributed by atoms with Gasteiger partial charge in [0, 0.05) is 6.07 Å². The summed E-state index contributed by atoms with van der Waals surface area (Å²) in [4.78, 5) is 1.22. The molecule has 0 aliphatic carbocycles. The van der Waals surface area contributed by atoms with E-state index in [1.807, 2.05) is 20.2 Å². The molecule has 1 atom stereocenters. The summed E-state index contributed by atoms with van der Waals surface area (Å²) in [6.45, 7) is 1.11. The second-order valence-corrected chi connectivity index (χ2v) is 7.57. The van der Waals surface area contributed by atoms with E-state index in [0.29, 0.717) is 24.7 Å². The van der Waals surface area contributed by atoms with Gasteiger partial charge in [-0.1, -0.05) is 0 Å². The molecular weight excluding hydrogens is 332 g/mol. The maximum atomic E-state index is 12.6. The second-order valence-electron chi connectivity index (χ2n) is 5.80. The highest BCUT2D eigenvalue weighted by Gasteiger charge is 2.25. The van der Waals surface area contributed by atoms with Gasteiger partial charge in [-0.05, 0) is 24.3 Å². The molecule has 1 aliphatic rings. The summed E-state index contributed by atoms with van der Waals surface area (Å²) in [6, 6.07) is 8.13. The standard InChI is InChI=1S/C16H20N2O5S/c1-18(2)13(14-4-3-7-21-14)11-17-24(19,20)12-5-6-15-16(10-12)23-9-8-22-15/h3-7,10,13,17H,8-9,11H2,1-2H3/p+1/t13-/m0/s1. The minimum Gasteiger partial charge on any atom is -0.486 e. The van der Waals surface area contributed by atoms with Crippen LogP contribution in [0.2, 0.25) is 0 Å². The van der Waals surface area contributed by atoms with Gasteiger partial charge in [-0.15, -0.1) is 0 Å². The minimum absolute atomic E-state index is 0.119. The Kier molecular flexibility index (Phi) is 4.79. The Bertz CT molecular complexity index is 787. The van der Waals surface area contributed by atoms with Crippen LogP contribution in [-0.2, 0) is 10.0 Å². The van der Waals surface area contributed by atoms with Gasteiger partial charge in [0.2, 0.25) is 10.0 Å². The molecule has 2 heterocycles. The quantitative estimate of drug-likeness (QED) is 0.776. The Balaban J connectivity index is 1.76. The Labute approximate surface area is 141 Å². The average Bonchev–Trinajstić information content (AvgIpc) is 3.08. The maximum Gasteiger partial charge on any atom is 0.240 e. The zero-order valence-electron chi connectivity index (χ0n) is 13.6. The average molecular weight is 353 g/mol. The number of hydrogen-bond acceptors (Lipinski definition) is 5. The number of furan rings is 1. The first-order valence-electron chi connectivity index (χ1n) is 7.70. The van der Waals surface area contributed by atoms with Crippen LogP contribution in [0, 0.1) is 0 Å². The number of nitrogens with one attached hydrogen (secondary N) is 2. The van der Waals surface area contributed by atoms with Gasteiger partial charge in [0.15, 0.2) is 23.3 Å². The first-order valence-corrected chi connectivity index (χ1v) is 9.18. The molecule has 0 amide bonds. The number of rotatable bonds is 6. The Morgan fingerprint density at radius 2 is 1.92 bits per heavy atom. The molecule has 1 aliphatic heterocycles. The number of ether oxygens (including phenoxy) is 2. The highest BCUT2D eigenvalue weighted by Crippen LogP contribution is 2.32. The lowest BCUT2D eigenvalue weighted by atomic mass is 10.2. The second kappa shape index (κ2) is 6.84. The van der Waals surface area contributed by atoms with Gasteiger partial charge < -0.3 is 18.8 Å². The smallest absolute Gasteiger partial charge is 0.240 e. The molecule has 7 nitrogen and oxygen atoms in total. The third-order valence-corrected chi connectivity index (χ3v) is 5.31. The molecule has 2 aromatic rings. The summed E-state index contributed by atoms with van der Waals surface area (Å²) < 4.78 is 44.1. The van der Waals surface area contributed by atoms with E-state index >= 15 is 0 Å². The van der Waals surface area contributed by atoms with Crippen molar-refractivity contribution in [2.24, 2.45) is 0 Å². The van der Waals surface area contributed by atoms with Crippen molar-refractivity contribution >= 4 is 10.0 Å². The SMILES string of the molecule is C[NH+](C)[C@@H](CNS(=O)(=O)c1ccc2c(c1)OCCO2)c1ccco1. The molecule has 0 saturated carbocycles. The molecule has 0 radical (unpaired) electrons. The summed E-state index contributed by atoms with van der Waals surface area (Å²) in [7, 11) is 0.246. The highest BCUT2D eigenvalue weighted by molar-refractivity contribution is 7.89. The van der Waals surface area contributed by atoms with Crippen molar-refractivity contribution in [2.75, 3.05) is 33.9 Å². The summed E-state index contributed by atoms with van der Waals surface area (Å²) in [5.41, 5.74) is 0. The first kappa shape index (κ1) is 16.8. The maximum absolute atomic E-state index is 12.6. The van der Waals surface area contributed by atoms with Crippen LogP contribution in [0.25, 0.3) is 0 Å². The lowest BCUT2D eigenvalue weighted by Gasteiger charge is -2.21. The predicted octanol–water partition coefficient (Wildman–Crippen LogP) is 0.215. The largest absolute Gasteiger partial charge is 0.486 e. The first-order chi connectivity index (χ1) is 11.5. The van der Waals surface area contributed by atoms with E-state index in [4.69, 9.17) is 13.9 Å². The van der Waals surface area contributed by atoms with Gasteiger partial charge in [0.05, 0.1) is 31.8 Å². The minimum atomic E-state index is -3.65. The number of hydrogen-bond donors (Lipinski definition) is 2. The van der Waals surface area contributed by atoms with Crippen LogP contribution >= 0.6 is 0 Å². The fourth-order valence-electron chi connectivity index (χ4n) is 2.55. The van der Waals surface area contributed by atoms with E-state index in [2.05, 4.69) is 4.72 Å². The van der Waals surface area contributed by atoms with Crippen molar-refractivity contribution in [1.82, 2.24) is 4.72 Å². The van der Waals surface area contributed by atoms with Gasteiger partial charge in [0.25, 0.3) is 0 Å². The number of sulfonamides is 1. The van der Waals surface area contributed by atoms with E-state index in [9.17, 15) is 8.42 Å². The van der Waals surface area contributed by atoms with Crippen molar-refractivity contribution in [3.05, 3.63) is 42.4 Å². The van der Waals surface area contributed by atoms with E-state index in [0.717, 1.165) is 10.7 Å². The number of quaternary nitrogens is 1. The van der Waals surface area contributed by atoms with Crippen molar-refractivity contribution < 1.29 is 27.2 Å². The van der Waals surface area contributed by atoms with E-state index < -0.39 is 10.0 Å². The van der Waals surface area contributed by atoms with Crippen LogP contribution in [0.1, 0.15) is 11.8 Å². The zero-order chi connectivity index (χ0) is 17.2. The molecule has 0 fully saturated rings. The highest BCUT2D eigenvalue weighted by atomic mass is 32.2. The molecule has 0 bridgehead atoms. The van der Waals surface area contributed by atoms with E-state index in [1.165, 1.54) is 12.1 Å². The molecule has 1 aromatic carbocycles. The summed E-state index contributed by atoms with van der Waals surface area (Å²) in [5.74, 6) is 1.75. The number of fused-ring (bicyclic) bond motifs is 1. The van der Waals surface area contributed by atoms with Crippen LogP contribution in [0.5, 0.6) is 11.5 Å². The Hall–Kier alpha value is -2.03. The van der Waals surface area contributed by atoms with E-state index in [1.54, 1.807) is 18.4 Å². The molecule has 3 rings (SSSR count). The zero-order valence-corrected chi connectivity index (χ0v) is 14.4. The molecular formula is C16H21N2O5S+. The van der Waals surface area contributed by atoms with E-state index in [-0.39, 0.29) is 17.5 Å². The fraction of sp³-hybridized carbons (Fsp3) is 0.375. The summed E-state index contributed by atoms with van der Waals surface area (Å²) >= 11 is 0. The van der Waals surface area contributed by atoms with Crippen molar-refractivity contribution in [2.45, 2.75) is 10.9 Å². The third kappa shape index (κ3) is 3.55. The fourth-order valence-corrected chi connectivity index (χ4v) is 3.61. The molecule has 130 valence electrons. The van der Waals surface area contributed by atoms with Crippen molar-refractivity contribution in [1.29, 1.82) is 0 Å². The topological polar surface area (TPSA) is 82.2 Å². The summed E-state index contributed by atoms with van der Waals surface area (Å²) in [5, 5.41) is 0. The number of likely N-dealkylation sites (N-methyl/N-ethyl adjacent to an activating group) is 1. The van der Waals surface area contributed by atoms with Gasteiger partial charge in [-0.3, -0.25) is 0 Å². The van der Waals surface area contributed by atoms with Crippen LogP contribution in [-0.4, -0.2) is 42.3 Å². The van der Waals surface area contributed by atoms with Gasteiger partial charge in [0.1, 0.15) is 13.2 Å². The number of benzene rings is 1. The van der Waals surface area contributed by atoms with Crippen LogP contribution in [0.4, 0.5) is 0 Å². The monoisotopic (exact) mass is 353 g/mol. The molecule has 24 heavy (non-hydrogen) atoms. The molecule has 0 saturated heterocycles. The lowest BCUT2D eigenvalue weighted by molar-refractivity contribution is -0.891. The normalized spacial score (nSPS) is 15.5. The van der Waals surface area contributed by atoms with Crippen LogP contribution < -0.4 is 19.1 Å². The lowest BCUT2D eigenvalue weighted by Crippen LogP contribution is -3.07. The van der Waals surface area contributed by atoms with Gasteiger partial charge >= 0.3 is 0 Å². The third-order valence-electron chi connectivity index (χ3n) is 3.88. The van der Waals surface area contributed by atoms with Crippen LogP contribution in [0.3, 0.4) is 0 Å². The molecule has 8 heteroatoms. The molecule has 0 unspecified atom stereocenters. The van der Waals surface area contributed by atoms with Crippen molar-refractivity contribution in [3.8, 4) is 11.5 Å². The molecule has 1 aromatic heterocycles. The van der Waals surface area contributed by atoms with Gasteiger partial charge in [-0.25, -0.2) is 13.1 Å². The predicted molar refractivity (Wildman–Crippen MR) is 86.9 cm³/mol.